The summed E-state index contributed by atoms with van der Waals surface area (Å²) in [7, 11) is 0. The van der Waals surface area contributed by atoms with Crippen LogP contribution in [-0.4, -0.2) is 14.8 Å². The lowest BCUT2D eigenvalue weighted by atomic mass is 9.99. The molecule has 2 heterocycles. The van der Waals surface area contributed by atoms with Gasteiger partial charge in [-0.3, -0.25) is 0 Å². The zero-order chi connectivity index (χ0) is 18.5. The Balaban J connectivity index is 2.11. The second-order valence-corrected chi connectivity index (χ2v) is 6.18. The van der Waals surface area contributed by atoms with Gasteiger partial charge < -0.3 is 0 Å². The van der Waals surface area contributed by atoms with Crippen molar-refractivity contribution in [2.24, 2.45) is 0 Å². The van der Waals surface area contributed by atoms with Crippen molar-refractivity contribution in [2.45, 2.75) is 26.6 Å². The molecule has 0 spiro atoms. The first-order valence-corrected chi connectivity index (χ1v) is 8.33. The van der Waals surface area contributed by atoms with Crippen LogP contribution in [0.15, 0.2) is 48.5 Å². The predicted octanol–water partition coefficient (Wildman–Crippen LogP) is 5.60. The van der Waals surface area contributed by atoms with Crippen LogP contribution in [0, 0.1) is 6.92 Å². The summed E-state index contributed by atoms with van der Waals surface area (Å²) in [4.78, 5) is 4.56. The molecule has 26 heavy (non-hydrogen) atoms. The lowest BCUT2D eigenvalue weighted by Gasteiger charge is -2.13. The highest BCUT2D eigenvalue weighted by Crippen LogP contribution is 2.39. The van der Waals surface area contributed by atoms with Crippen molar-refractivity contribution >= 4 is 21.8 Å². The van der Waals surface area contributed by atoms with Crippen molar-refractivity contribution in [3.05, 3.63) is 59.8 Å². The number of alkyl halides is 3. The lowest BCUT2D eigenvalue weighted by molar-refractivity contribution is -0.136. The molecule has 132 valence electrons. The van der Waals surface area contributed by atoms with Crippen molar-refractivity contribution in [3.63, 3.8) is 0 Å². The molecule has 0 N–H and O–H groups in total. The molecule has 3 nitrogen and oxygen atoms in total. The summed E-state index contributed by atoms with van der Waals surface area (Å²) in [6.45, 7) is 3.88. The molecular weight excluding hydrogens is 339 g/mol. The van der Waals surface area contributed by atoms with Gasteiger partial charge in [-0.15, -0.1) is 0 Å². The van der Waals surface area contributed by atoms with Gasteiger partial charge in [0.25, 0.3) is 0 Å². The fraction of sp³-hybridized carbons (Fsp3) is 0.200. The molecule has 0 fully saturated rings. The lowest BCUT2D eigenvalue weighted by Crippen LogP contribution is -2.08. The number of aromatic nitrogens is 3. The van der Waals surface area contributed by atoms with Gasteiger partial charge in [-0.2, -0.15) is 18.3 Å². The first kappa shape index (κ1) is 16.6. The van der Waals surface area contributed by atoms with E-state index in [9.17, 15) is 13.2 Å². The minimum Gasteiger partial charge on any atom is -0.247 e. The second kappa shape index (κ2) is 5.83. The van der Waals surface area contributed by atoms with Gasteiger partial charge in [-0.1, -0.05) is 42.5 Å². The van der Waals surface area contributed by atoms with Crippen LogP contribution in [0.5, 0.6) is 0 Å². The monoisotopic (exact) mass is 355 g/mol. The van der Waals surface area contributed by atoms with Crippen molar-refractivity contribution in [1.82, 2.24) is 14.8 Å². The molecule has 2 aromatic carbocycles. The third kappa shape index (κ3) is 2.53. The maximum absolute atomic E-state index is 13.8. The molecule has 0 unspecified atom stereocenters. The number of halogens is 3. The standard InChI is InChI=1S/C20H16F3N3/c1-3-26-19-18(12(2)25-26)16(20(21,22)23)11-17(24-19)15-10-6-8-13-7-4-5-9-14(13)15/h4-11H,3H2,1-2H3. The number of benzene rings is 2. The van der Waals surface area contributed by atoms with E-state index in [4.69, 9.17) is 0 Å². The van der Waals surface area contributed by atoms with E-state index in [0.29, 0.717) is 23.5 Å². The Hall–Kier alpha value is -2.89. The maximum Gasteiger partial charge on any atom is 0.417 e. The van der Waals surface area contributed by atoms with Gasteiger partial charge >= 0.3 is 6.18 Å². The molecule has 0 atom stereocenters. The van der Waals surface area contributed by atoms with E-state index < -0.39 is 11.7 Å². The van der Waals surface area contributed by atoms with Crippen LogP contribution >= 0.6 is 0 Å². The van der Waals surface area contributed by atoms with Gasteiger partial charge in [-0.25, -0.2) is 9.67 Å². The van der Waals surface area contributed by atoms with E-state index in [1.807, 2.05) is 43.3 Å². The van der Waals surface area contributed by atoms with E-state index >= 15 is 0 Å². The molecule has 6 heteroatoms. The van der Waals surface area contributed by atoms with Crippen LogP contribution < -0.4 is 0 Å². The summed E-state index contributed by atoms with van der Waals surface area (Å²) in [6, 6.07) is 14.3. The molecule has 0 aliphatic rings. The number of hydrogen-bond acceptors (Lipinski definition) is 2. The zero-order valence-electron chi connectivity index (χ0n) is 14.3. The highest BCUT2D eigenvalue weighted by molar-refractivity contribution is 5.97. The number of rotatable bonds is 2. The van der Waals surface area contributed by atoms with Gasteiger partial charge in [0.05, 0.1) is 22.3 Å². The smallest absolute Gasteiger partial charge is 0.247 e. The van der Waals surface area contributed by atoms with E-state index in [1.165, 1.54) is 4.68 Å². The average Bonchev–Trinajstić information content (AvgIpc) is 2.95. The van der Waals surface area contributed by atoms with E-state index in [0.717, 1.165) is 16.8 Å². The Labute approximate surface area is 148 Å². The largest absolute Gasteiger partial charge is 0.417 e. The van der Waals surface area contributed by atoms with Gasteiger partial charge in [0.2, 0.25) is 0 Å². The first-order chi connectivity index (χ1) is 12.4. The van der Waals surface area contributed by atoms with Crippen molar-refractivity contribution in [3.8, 4) is 11.3 Å². The number of hydrogen-bond donors (Lipinski definition) is 0. The number of aryl methyl sites for hydroxylation is 2. The van der Waals surface area contributed by atoms with Crippen LogP contribution in [0.3, 0.4) is 0 Å². The van der Waals surface area contributed by atoms with Gasteiger partial charge in [0.15, 0.2) is 5.65 Å². The van der Waals surface area contributed by atoms with Crippen LogP contribution in [0.25, 0.3) is 33.1 Å². The van der Waals surface area contributed by atoms with E-state index in [1.54, 1.807) is 13.0 Å². The second-order valence-electron chi connectivity index (χ2n) is 6.18. The van der Waals surface area contributed by atoms with Gasteiger partial charge in [0, 0.05) is 12.1 Å². The molecule has 0 amide bonds. The zero-order valence-corrected chi connectivity index (χ0v) is 14.3. The van der Waals surface area contributed by atoms with Crippen molar-refractivity contribution in [1.29, 1.82) is 0 Å². The Morgan fingerprint density at radius 3 is 2.50 bits per heavy atom. The van der Waals surface area contributed by atoms with E-state index in [2.05, 4.69) is 10.1 Å². The van der Waals surface area contributed by atoms with Crippen molar-refractivity contribution < 1.29 is 13.2 Å². The van der Waals surface area contributed by atoms with Crippen LogP contribution in [0.1, 0.15) is 18.2 Å². The van der Waals surface area contributed by atoms with Crippen LogP contribution in [-0.2, 0) is 12.7 Å². The number of pyridine rings is 1. The minimum atomic E-state index is -4.48. The van der Waals surface area contributed by atoms with Crippen LogP contribution in [0.2, 0.25) is 0 Å². The number of nitrogens with zero attached hydrogens (tertiary/aromatic N) is 3. The molecule has 0 radical (unpaired) electrons. The summed E-state index contributed by atoms with van der Waals surface area (Å²) >= 11 is 0. The summed E-state index contributed by atoms with van der Waals surface area (Å²) in [5.41, 5.74) is 0.893. The minimum absolute atomic E-state index is 0.0725. The maximum atomic E-state index is 13.8. The topological polar surface area (TPSA) is 30.7 Å². The van der Waals surface area contributed by atoms with Gasteiger partial charge in [0.1, 0.15) is 0 Å². The fourth-order valence-electron chi connectivity index (χ4n) is 3.38. The normalized spacial score (nSPS) is 12.2. The van der Waals surface area contributed by atoms with E-state index in [-0.39, 0.29) is 11.0 Å². The SMILES string of the molecule is CCn1nc(C)c2c(C(F)(F)F)cc(-c3cccc4ccccc34)nc21. The molecule has 4 aromatic rings. The summed E-state index contributed by atoms with van der Waals surface area (Å²) in [5.74, 6) is 0. The highest BCUT2D eigenvalue weighted by atomic mass is 19.4. The molecule has 0 saturated carbocycles. The third-order valence-corrected chi connectivity index (χ3v) is 4.55. The first-order valence-electron chi connectivity index (χ1n) is 8.33. The molecule has 0 bridgehead atoms. The molecular formula is C20H16F3N3. The predicted molar refractivity (Wildman–Crippen MR) is 95.9 cm³/mol. The Bertz CT molecular complexity index is 1120. The molecule has 2 aromatic heterocycles. The quantitative estimate of drug-likeness (QED) is 0.469. The average molecular weight is 355 g/mol. The fourth-order valence-corrected chi connectivity index (χ4v) is 3.38. The third-order valence-electron chi connectivity index (χ3n) is 4.55. The van der Waals surface area contributed by atoms with Crippen molar-refractivity contribution in [2.75, 3.05) is 0 Å². The van der Waals surface area contributed by atoms with Crippen LogP contribution in [0.4, 0.5) is 13.2 Å². The molecule has 0 aliphatic heterocycles. The molecule has 0 saturated heterocycles. The molecule has 0 aliphatic carbocycles. The highest BCUT2D eigenvalue weighted by Gasteiger charge is 2.35. The Morgan fingerprint density at radius 1 is 1.04 bits per heavy atom. The molecule has 4 rings (SSSR count). The summed E-state index contributed by atoms with van der Waals surface area (Å²) in [5, 5.41) is 6.13. The summed E-state index contributed by atoms with van der Waals surface area (Å²) < 4.78 is 42.8. The Morgan fingerprint density at radius 2 is 1.77 bits per heavy atom. The van der Waals surface area contributed by atoms with Gasteiger partial charge in [-0.05, 0) is 30.7 Å². The number of fused-ring (bicyclic) bond motifs is 2. The summed E-state index contributed by atoms with van der Waals surface area (Å²) in [6.07, 6.45) is -4.48. The Kier molecular flexibility index (Phi) is 3.72.